The van der Waals surface area contributed by atoms with E-state index in [4.69, 9.17) is 9.47 Å². The highest BCUT2D eigenvalue weighted by atomic mass is 16.5. The Balaban J connectivity index is 1.28. The van der Waals surface area contributed by atoms with E-state index in [-0.39, 0.29) is 38.5 Å². The highest BCUT2D eigenvalue weighted by Gasteiger charge is 2.26. The Morgan fingerprint density at radius 2 is 1.27 bits per heavy atom. The lowest BCUT2D eigenvalue weighted by Gasteiger charge is -2.27. The molecule has 0 saturated carbocycles. The van der Waals surface area contributed by atoms with E-state index in [2.05, 4.69) is 29.6 Å². The van der Waals surface area contributed by atoms with Gasteiger partial charge in [-0.05, 0) is 44.5 Å². The lowest BCUT2D eigenvalue weighted by molar-refractivity contribution is -0.147. The Labute approximate surface area is 282 Å². The van der Waals surface area contributed by atoms with Gasteiger partial charge in [0, 0.05) is 19.5 Å². The molecule has 7 nitrogen and oxygen atoms in total. The molecule has 0 fully saturated rings. The van der Waals surface area contributed by atoms with E-state index in [0.29, 0.717) is 6.54 Å². The van der Waals surface area contributed by atoms with E-state index in [1.165, 1.54) is 5.39 Å². The second kappa shape index (κ2) is 16.9. The fraction of sp³-hybridized carbons (Fsp3) is 0.244. The number of urea groups is 1. The van der Waals surface area contributed by atoms with E-state index >= 15 is 0 Å². The standard InChI is InChI=1S/C41H42N2O5/c1-30(2)27-43(25-24-39(44)47-28-32-12-5-3-6-13-32)41(46)42-38(40(45)48-29-33-14-7-4-8-15-33)26-31-20-22-35(23-21-31)37-19-11-17-34-16-9-10-18-36(34)37/h3-23,30,38H,24-29H2,1-2H3,(H,42,46)/t38-/m0/s1. The maximum Gasteiger partial charge on any atom is 0.329 e. The highest BCUT2D eigenvalue weighted by Crippen LogP contribution is 2.29. The largest absolute Gasteiger partial charge is 0.461 e. The quantitative estimate of drug-likeness (QED) is 0.124. The van der Waals surface area contributed by atoms with Crippen molar-refractivity contribution in [1.29, 1.82) is 0 Å². The first-order chi connectivity index (χ1) is 23.4. The summed E-state index contributed by atoms with van der Waals surface area (Å²) in [6.45, 7) is 4.82. The van der Waals surface area contributed by atoms with Crippen LogP contribution in [-0.4, -0.2) is 42.0 Å². The van der Waals surface area contributed by atoms with E-state index < -0.39 is 24.0 Å². The van der Waals surface area contributed by atoms with Crippen LogP contribution in [0.1, 0.15) is 37.0 Å². The van der Waals surface area contributed by atoms with Crippen molar-refractivity contribution in [3.8, 4) is 11.1 Å². The van der Waals surface area contributed by atoms with Gasteiger partial charge >= 0.3 is 18.0 Å². The highest BCUT2D eigenvalue weighted by molar-refractivity contribution is 5.96. The van der Waals surface area contributed by atoms with Gasteiger partial charge in [0.25, 0.3) is 0 Å². The Morgan fingerprint density at radius 3 is 1.94 bits per heavy atom. The third-order valence-electron chi connectivity index (χ3n) is 8.00. The molecule has 0 radical (unpaired) electrons. The normalized spacial score (nSPS) is 11.6. The van der Waals surface area contributed by atoms with E-state index in [9.17, 15) is 14.4 Å². The Bertz CT molecular complexity index is 1780. The molecule has 0 heterocycles. The Kier molecular flexibility index (Phi) is 12.0. The monoisotopic (exact) mass is 642 g/mol. The van der Waals surface area contributed by atoms with Gasteiger partial charge in [0.05, 0.1) is 6.42 Å². The van der Waals surface area contributed by atoms with Crippen LogP contribution in [-0.2, 0) is 38.7 Å². The number of hydrogen-bond acceptors (Lipinski definition) is 5. The topological polar surface area (TPSA) is 84.9 Å². The molecule has 1 atom stereocenters. The number of nitrogens with zero attached hydrogens (tertiary/aromatic N) is 1. The number of esters is 2. The zero-order valence-electron chi connectivity index (χ0n) is 27.5. The molecular formula is C41H42N2O5. The summed E-state index contributed by atoms with van der Waals surface area (Å²) >= 11 is 0. The van der Waals surface area contributed by atoms with Gasteiger partial charge < -0.3 is 19.7 Å². The molecule has 48 heavy (non-hydrogen) atoms. The van der Waals surface area contributed by atoms with Gasteiger partial charge in [-0.3, -0.25) is 4.79 Å². The summed E-state index contributed by atoms with van der Waals surface area (Å²) in [5, 5.41) is 5.25. The fourth-order valence-corrected chi connectivity index (χ4v) is 5.55. The van der Waals surface area contributed by atoms with Crippen molar-refractivity contribution < 1.29 is 23.9 Å². The van der Waals surface area contributed by atoms with Crippen LogP contribution in [0.15, 0.2) is 127 Å². The van der Waals surface area contributed by atoms with Crippen LogP contribution in [0.2, 0.25) is 0 Å². The molecule has 5 aromatic rings. The van der Waals surface area contributed by atoms with Crippen molar-refractivity contribution in [2.45, 2.75) is 45.9 Å². The zero-order chi connectivity index (χ0) is 33.7. The minimum Gasteiger partial charge on any atom is -0.461 e. The number of amides is 2. The van der Waals surface area contributed by atoms with Crippen molar-refractivity contribution in [3.05, 3.63) is 144 Å². The van der Waals surface area contributed by atoms with Gasteiger partial charge in [0.2, 0.25) is 0 Å². The molecule has 7 heteroatoms. The minimum atomic E-state index is -0.940. The summed E-state index contributed by atoms with van der Waals surface area (Å²) in [4.78, 5) is 41.3. The average molecular weight is 643 g/mol. The minimum absolute atomic E-state index is 0.0335. The lowest BCUT2D eigenvalue weighted by Crippen LogP contribution is -2.50. The van der Waals surface area contributed by atoms with Gasteiger partial charge in [0.1, 0.15) is 19.3 Å². The van der Waals surface area contributed by atoms with Crippen LogP contribution >= 0.6 is 0 Å². The molecule has 246 valence electrons. The van der Waals surface area contributed by atoms with Crippen LogP contribution in [0.25, 0.3) is 21.9 Å². The second-order valence-corrected chi connectivity index (χ2v) is 12.3. The number of carbonyl (C=O) groups is 3. The molecular weight excluding hydrogens is 600 g/mol. The Morgan fingerprint density at radius 1 is 0.667 bits per heavy atom. The van der Waals surface area contributed by atoms with Crippen molar-refractivity contribution in [2.24, 2.45) is 5.92 Å². The first-order valence-corrected chi connectivity index (χ1v) is 16.4. The number of hydrogen-bond donors (Lipinski definition) is 1. The van der Waals surface area contributed by atoms with E-state index in [0.717, 1.165) is 33.2 Å². The SMILES string of the molecule is CC(C)CN(CCC(=O)OCc1ccccc1)C(=O)N[C@@H](Cc1ccc(-c2cccc3ccccc23)cc1)C(=O)OCc1ccccc1. The van der Waals surface area contributed by atoms with Crippen LogP contribution in [0.4, 0.5) is 4.79 Å². The van der Waals surface area contributed by atoms with Crippen LogP contribution in [0.3, 0.4) is 0 Å². The molecule has 2 amide bonds. The molecule has 0 aliphatic heterocycles. The Hall–Kier alpha value is -5.43. The summed E-state index contributed by atoms with van der Waals surface area (Å²) in [6.07, 6.45) is 0.273. The summed E-state index contributed by atoms with van der Waals surface area (Å²) < 4.78 is 11.1. The first kappa shape index (κ1) is 33.9. The van der Waals surface area contributed by atoms with Crippen molar-refractivity contribution in [1.82, 2.24) is 10.2 Å². The molecule has 0 unspecified atom stereocenters. The van der Waals surface area contributed by atoms with Gasteiger partial charge in [0.15, 0.2) is 0 Å². The molecule has 0 saturated heterocycles. The van der Waals surface area contributed by atoms with Gasteiger partial charge in [-0.25, -0.2) is 9.59 Å². The molecule has 0 aliphatic carbocycles. The summed E-state index contributed by atoms with van der Waals surface area (Å²) in [5.41, 5.74) is 4.81. The predicted octanol–water partition coefficient (Wildman–Crippen LogP) is 7.96. The third-order valence-corrected chi connectivity index (χ3v) is 8.00. The molecule has 0 aliphatic rings. The number of nitrogens with one attached hydrogen (secondary N) is 1. The van der Waals surface area contributed by atoms with Gasteiger partial charge in [-0.2, -0.15) is 0 Å². The fourth-order valence-electron chi connectivity index (χ4n) is 5.55. The number of benzene rings is 5. The van der Waals surface area contributed by atoms with Crippen molar-refractivity contribution in [2.75, 3.05) is 13.1 Å². The molecule has 1 N–H and O–H groups in total. The van der Waals surface area contributed by atoms with Gasteiger partial charge in [-0.15, -0.1) is 0 Å². The number of rotatable bonds is 14. The average Bonchev–Trinajstić information content (AvgIpc) is 3.12. The predicted molar refractivity (Wildman–Crippen MR) is 189 cm³/mol. The van der Waals surface area contributed by atoms with E-state index in [1.807, 2.05) is 117 Å². The van der Waals surface area contributed by atoms with Crippen molar-refractivity contribution >= 4 is 28.7 Å². The molecule has 5 aromatic carbocycles. The van der Waals surface area contributed by atoms with Crippen LogP contribution in [0, 0.1) is 5.92 Å². The summed E-state index contributed by atoms with van der Waals surface area (Å²) in [6, 6.07) is 40.1. The van der Waals surface area contributed by atoms with Crippen molar-refractivity contribution in [3.63, 3.8) is 0 Å². The maximum absolute atomic E-state index is 13.7. The number of fused-ring (bicyclic) bond motifs is 1. The maximum atomic E-state index is 13.7. The summed E-state index contributed by atoms with van der Waals surface area (Å²) in [7, 11) is 0. The lowest BCUT2D eigenvalue weighted by atomic mass is 9.96. The number of ether oxygens (including phenoxy) is 2. The van der Waals surface area contributed by atoms with E-state index in [1.54, 1.807) is 4.90 Å². The second-order valence-electron chi connectivity index (χ2n) is 12.3. The molecule has 0 aromatic heterocycles. The smallest absolute Gasteiger partial charge is 0.329 e. The molecule has 5 rings (SSSR count). The molecule has 0 spiro atoms. The third kappa shape index (κ3) is 9.79. The van der Waals surface area contributed by atoms with Crippen LogP contribution in [0.5, 0.6) is 0 Å². The van der Waals surface area contributed by atoms with Crippen LogP contribution < -0.4 is 5.32 Å². The zero-order valence-corrected chi connectivity index (χ0v) is 27.5. The first-order valence-electron chi connectivity index (χ1n) is 16.4. The number of carbonyl (C=O) groups excluding carboxylic acids is 3. The van der Waals surface area contributed by atoms with Gasteiger partial charge in [-0.1, -0.05) is 141 Å². The summed E-state index contributed by atoms with van der Waals surface area (Å²) in [5.74, 6) is -0.788. The molecule has 0 bridgehead atoms.